The highest BCUT2D eigenvalue weighted by atomic mass is 16.2. The van der Waals surface area contributed by atoms with Crippen LogP contribution in [0.25, 0.3) is 0 Å². The lowest BCUT2D eigenvalue weighted by Gasteiger charge is -2.19. The molecule has 1 aliphatic carbocycles. The number of rotatable bonds is 5. The topological polar surface area (TPSA) is 51.0 Å². The molecule has 2 heterocycles. The standard InChI is InChI=1S/C23H24N4O/c1-15-5-3-8-20-21(15)13-26(23(20)28)19-7-4-6-17(12-19)16(2)11-22-25-24-14-27(22)18-9-10-18/h3-8,12,14,16,18H,9-11,13H2,1-2H3/t16-/m1/s1. The number of aryl methyl sites for hydroxylation is 1. The third-order valence-electron chi connectivity index (χ3n) is 6.03. The van der Waals surface area contributed by atoms with Gasteiger partial charge in [-0.1, -0.05) is 31.2 Å². The molecule has 28 heavy (non-hydrogen) atoms. The van der Waals surface area contributed by atoms with Crippen LogP contribution in [0.4, 0.5) is 5.69 Å². The lowest BCUT2D eigenvalue weighted by atomic mass is 9.96. The fourth-order valence-corrected chi connectivity index (χ4v) is 4.16. The zero-order valence-corrected chi connectivity index (χ0v) is 16.3. The van der Waals surface area contributed by atoms with E-state index in [0.29, 0.717) is 18.5 Å². The monoisotopic (exact) mass is 372 g/mol. The van der Waals surface area contributed by atoms with Crippen molar-refractivity contribution in [3.05, 3.63) is 76.9 Å². The fraction of sp³-hybridized carbons (Fsp3) is 0.348. The molecular weight excluding hydrogens is 348 g/mol. The number of anilines is 1. The van der Waals surface area contributed by atoms with Crippen molar-refractivity contribution in [3.8, 4) is 0 Å². The second-order valence-corrected chi connectivity index (χ2v) is 8.08. The van der Waals surface area contributed by atoms with E-state index in [4.69, 9.17) is 0 Å². The van der Waals surface area contributed by atoms with Gasteiger partial charge in [0.25, 0.3) is 5.91 Å². The van der Waals surface area contributed by atoms with E-state index in [2.05, 4.69) is 52.9 Å². The molecule has 5 nitrogen and oxygen atoms in total. The van der Waals surface area contributed by atoms with E-state index in [9.17, 15) is 4.79 Å². The number of aromatic nitrogens is 3. The molecule has 0 N–H and O–H groups in total. The van der Waals surface area contributed by atoms with Crippen molar-refractivity contribution in [2.45, 2.75) is 51.6 Å². The van der Waals surface area contributed by atoms with Crippen LogP contribution in [0.3, 0.4) is 0 Å². The van der Waals surface area contributed by atoms with Crippen LogP contribution in [0.15, 0.2) is 48.8 Å². The van der Waals surface area contributed by atoms with Gasteiger partial charge < -0.3 is 9.47 Å². The average molecular weight is 372 g/mol. The van der Waals surface area contributed by atoms with Gasteiger partial charge in [-0.25, -0.2) is 0 Å². The first-order valence-corrected chi connectivity index (χ1v) is 10.0. The van der Waals surface area contributed by atoms with Crippen LogP contribution in [0.1, 0.15) is 64.6 Å². The second-order valence-electron chi connectivity index (χ2n) is 8.08. The Morgan fingerprint density at radius 2 is 2.00 bits per heavy atom. The van der Waals surface area contributed by atoms with E-state index in [1.807, 2.05) is 29.4 Å². The Morgan fingerprint density at radius 1 is 1.18 bits per heavy atom. The molecule has 0 unspecified atom stereocenters. The maximum atomic E-state index is 12.9. The molecule has 2 aromatic carbocycles. The molecule has 0 spiro atoms. The summed E-state index contributed by atoms with van der Waals surface area (Å²) in [5.74, 6) is 1.46. The number of carbonyl (C=O) groups excluding carboxylic acids is 1. The highest BCUT2D eigenvalue weighted by Crippen LogP contribution is 2.36. The van der Waals surface area contributed by atoms with E-state index in [-0.39, 0.29) is 5.91 Å². The van der Waals surface area contributed by atoms with Crippen molar-refractivity contribution in [1.82, 2.24) is 14.8 Å². The van der Waals surface area contributed by atoms with Gasteiger partial charge in [-0.3, -0.25) is 4.79 Å². The Kier molecular flexibility index (Phi) is 4.04. The van der Waals surface area contributed by atoms with Gasteiger partial charge in [0.1, 0.15) is 12.2 Å². The van der Waals surface area contributed by atoms with Gasteiger partial charge >= 0.3 is 0 Å². The van der Waals surface area contributed by atoms with E-state index in [1.165, 1.54) is 24.0 Å². The van der Waals surface area contributed by atoms with Crippen LogP contribution >= 0.6 is 0 Å². The number of amides is 1. The molecule has 1 aromatic heterocycles. The minimum Gasteiger partial charge on any atom is -0.314 e. The summed E-state index contributed by atoms with van der Waals surface area (Å²) in [5, 5.41) is 8.45. The van der Waals surface area contributed by atoms with Gasteiger partial charge in [-0.15, -0.1) is 10.2 Å². The van der Waals surface area contributed by atoms with Gasteiger partial charge in [0.2, 0.25) is 0 Å². The molecule has 5 rings (SSSR count). The Balaban J connectivity index is 1.39. The second kappa shape index (κ2) is 6.59. The molecule has 1 aliphatic heterocycles. The van der Waals surface area contributed by atoms with Crippen LogP contribution in [0, 0.1) is 6.92 Å². The summed E-state index contributed by atoms with van der Waals surface area (Å²) >= 11 is 0. The van der Waals surface area contributed by atoms with Gasteiger partial charge in [0.05, 0.1) is 6.54 Å². The van der Waals surface area contributed by atoms with E-state index in [0.717, 1.165) is 29.1 Å². The molecule has 1 amide bonds. The van der Waals surface area contributed by atoms with Crippen LogP contribution in [0.2, 0.25) is 0 Å². The predicted molar refractivity (Wildman–Crippen MR) is 109 cm³/mol. The fourth-order valence-electron chi connectivity index (χ4n) is 4.16. The summed E-state index contributed by atoms with van der Waals surface area (Å²) in [6, 6.07) is 14.9. The Bertz CT molecular complexity index is 1050. The van der Waals surface area contributed by atoms with Crippen LogP contribution < -0.4 is 4.90 Å². The highest BCUT2D eigenvalue weighted by Gasteiger charge is 2.30. The summed E-state index contributed by atoms with van der Waals surface area (Å²) in [6.07, 6.45) is 5.17. The summed E-state index contributed by atoms with van der Waals surface area (Å²) in [7, 11) is 0. The molecule has 1 fully saturated rings. The van der Waals surface area contributed by atoms with Crippen LogP contribution in [-0.4, -0.2) is 20.7 Å². The molecule has 0 bridgehead atoms. The van der Waals surface area contributed by atoms with Gasteiger partial charge in [0, 0.05) is 23.7 Å². The molecular formula is C23H24N4O. The Labute approximate surface area is 165 Å². The van der Waals surface area contributed by atoms with Crippen molar-refractivity contribution in [2.75, 3.05) is 4.90 Å². The molecule has 5 heteroatoms. The number of nitrogens with zero attached hydrogens (tertiary/aromatic N) is 4. The van der Waals surface area contributed by atoms with Crippen molar-refractivity contribution >= 4 is 11.6 Å². The molecule has 2 aliphatic rings. The molecule has 0 radical (unpaired) electrons. The Morgan fingerprint density at radius 3 is 2.79 bits per heavy atom. The number of hydrogen-bond acceptors (Lipinski definition) is 3. The summed E-state index contributed by atoms with van der Waals surface area (Å²) in [5.41, 5.74) is 5.34. The largest absolute Gasteiger partial charge is 0.314 e. The smallest absolute Gasteiger partial charge is 0.258 e. The van der Waals surface area contributed by atoms with Crippen molar-refractivity contribution in [2.24, 2.45) is 0 Å². The summed E-state index contributed by atoms with van der Waals surface area (Å²) in [6.45, 7) is 4.94. The number of benzene rings is 2. The first-order valence-electron chi connectivity index (χ1n) is 10.0. The third kappa shape index (κ3) is 2.91. The van der Waals surface area contributed by atoms with Crippen molar-refractivity contribution < 1.29 is 4.79 Å². The van der Waals surface area contributed by atoms with E-state index >= 15 is 0 Å². The predicted octanol–water partition coefficient (Wildman–Crippen LogP) is 4.43. The zero-order valence-electron chi connectivity index (χ0n) is 16.3. The number of fused-ring (bicyclic) bond motifs is 1. The van der Waals surface area contributed by atoms with Gasteiger partial charge in [0.15, 0.2) is 0 Å². The van der Waals surface area contributed by atoms with Crippen LogP contribution in [0.5, 0.6) is 0 Å². The SMILES string of the molecule is Cc1cccc2c1CN(c1cccc([C@H](C)Cc3nncn3C3CC3)c1)C2=O. The third-order valence-corrected chi connectivity index (χ3v) is 6.03. The molecule has 3 aromatic rings. The van der Waals surface area contributed by atoms with Crippen molar-refractivity contribution in [3.63, 3.8) is 0 Å². The first kappa shape index (κ1) is 17.2. The molecule has 1 atom stereocenters. The minimum atomic E-state index is 0.0944. The number of carbonyl (C=O) groups is 1. The van der Waals surface area contributed by atoms with Gasteiger partial charge in [-0.2, -0.15) is 0 Å². The summed E-state index contributed by atoms with van der Waals surface area (Å²) in [4.78, 5) is 14.8. The number of hydrogen-bond donors (Lipinski definition) is 0. The molecule has 1 saturated carbocycles. The quantitative estimate of drug-likeness (QED) is 0.666. The summed E-state index contributed by atoms with van der Waals surface area (Å²) < 4.78 is 2.23. The minimum absolute atomic E-state index is 0.0944. The van der Waals surface area contributed by atoms with E-state index < -0.39 is 0 Å². The van der Waals surface area contributed by atoms with Crippen molar-refractivity contribution in [1.29, 1.82) is 0 Å². The lowest BCUT2D eigenvalue weighted by molar-refractivity contribution is 0.0996. The average Bonchev–Trinajstić information content (AvgIpc) is 3.35. The maximum Gasteiger partial charge on any atom is 0.258 e. The normalized spacial score (nSPS) is 17.1. The van der Waals surface area contributed by atoms with Crippen LogP contribution in [-0.2, 0) is 13.0 Å². The maximum absolute atomic E-state index is 12.9. The highest BCUT2D eigenvalue weighted by molar-refractivity contribution is 6.10. The molecule has 0 saturated heterocycles. The first-order chi connectivity index (χ1) is 13.6. The Hall–Kier alpha value is -2.95. The van der Waals surface area contributed by atoms with E-state index in [1.54, 1.807) is 0 Å². The lowest BCUT2D eigenvalue weighted by Crippen LogP contribution is -2.23. The van der Waals surface area contributed by atoms with Gasteiger partial charge in [-0.05, 0) is 60.6 Å². The molecule has 142 valence electrons. The zero-order chi connectivity index (χ0) is 19.3.